The number of carbonyl (C=O) groups is 3. The first-order valence-corrected chi connectivity index (χ1v) is 8.22. The molecule has 130 valence electrons. The monoisotopic (exact) mass is 326 g/mol. The quantitative estimate of drug-likeness (QED) is 0.834. The predicted molar refractivity (Wildman–Crippen MR) is 82.9 cm³/mol. The molecule has 2 aliphatic rings. The van der Waals surface area contributed by atoms with E-state index in [0.717, 1.165) is 12.8 Å². The minimum atomic E-state index is -1.15. The Morgan fingerprint density at radius 1 is 1.04 bits per heavy atom. The molecule has 0 aromatic rings. The van der Waals surface area contributed by atoms with Crippen molar-refractivity contribution in [1.82, 2.24) is 9.80 Å². The summed E-state index contributed by atoms with van der Waals surface area (Å²) >= 11 is 0. The maximum atomic E-state index is 12.7. The van der Waals surface area contributed by atoms with Gasteiger partial charge in [0.1, 0.15) is 11.6 Å². The Morgan fingerprint density at radius 2 is 1.65 bits per heavy atom. The maximum Gasteiger partial charge on any atom is 0.411 e. The lowest BCUT2D eigenvalue weighted by molar-refractivity contribution is -0.153. The number of piperidine rings is 1. The van der Waals surface area contributed by atoms with Gasteiger partial charge in [0.25, 0.3) is 0 Å². The van der Waals surface area contributed by atoms with Gasteiger partial charge >= 0.3 is 12.1 Å². The molecule has 2 rings (SSSR count). The lowest BCUT2D eigenvalue weighted by Crippen LogP contribution is -2.57. The van der Waals surface area contributed by atoms with Gasteiger partial charge in [-0.3, -0.25) is 9.69 Å². The van der Waals surface area contributed by atoms with Gasteiger partial charge in [-0.2, -0.15) is 0 Å². The molecule has 0 aromatic carbocycles. The Hall–Kier alpha value is -1.79. The van der Waals surface area contributed by atoms with E-state index >= 15 is 0 Å². The first-order chi connectivity index (χ1) is 10.7. The van der Waals surface area contributed by atoms with Crippen LogP contribution < -0.4 is 0 Å². The summed E-state index contributed by atoms with van der Waals surface area (Å²) in [7, 11) is 0. The van der Waals surface area contributed by atoms with Crippen molar-refractivity contribution in [1.29, 1.82) is 0 Å². The smallest absolute Gasteiger partial charge is 0.411 e. The molecule has 23 heavy (non-hydrogen) atoms. The predicted octanol–water partition coefficient (Wildman–Crippen LogP) is 1.71. The first-order valence-electron chi connectivity index (χ1n) is 8.22. The Morgan fingerprint density at radius 3 is 2.17 bits per heavy atom. The van der Waals surface area contributed by atoms with E-state index in [1.54, 1.807) is 25.7 Å². The van der Waals surface area contributed by atoms with Crippen LogP contribution in [0.4, 0.5) is 4.79 Å². The number of hydrogen-bond donors (Lipinski definition) is 1. The van der Waals surface area contributed by atoms with E-state index in [2.05, 4.69) is 0 Å². The van der Waals surface area contributed by atoms with Gasteiger partial charge in [-0.05, 0) is 46.5 Å². The molecule has 0 aliphatic carbocycles. The Labute approximate surface area is 136 Å². The minimum Gasteiger partial charge on any atom is -0.480 e. The van der Waals surface area contributed by atoms with Gasteiger partial charge < -0.3 is 14.7 Å². The summed E-state index contributed by atoms with van der Waals surface area (Å²) < 4.78 is 5.31. The van der Waals surface area contributed by atoms with E-state index in [4.69, 9.17) is 4.74 Å². The third kappa shape index (κ3) is 4.14. The average Bonchev–Trinajstić information content (AvgIpc) is 2.97. The number of aliphatic carboxylic acids is 1. The molecular weight excluding hydrogens is 300 g/mol. The normalized spacial score (nSPS) is 25.3. The van der Waals surface area contributed by atoms with Crippen molar-refractivity contribution in [3.63, 3.8) is 0 Å². The zero-order chi connectivity index (χ0) is 17.2. The summed E-state index contributed by atoms with van der Waals surface area (Å²) in [5.41, 5.74) is -0.702. The van der Waals surface area contributed by atoms with Crippen LogP contribution in [0.25, 0.3) is 0 Å². The van der Waals surface area contributed by atoms with Crippen molar-refractivity contribution in [3.8, 4) is 0 Å². The molecule has 0 unspecified atom stereocenters. The molecule has 2 atom stereocenters. The third-order valence-electron chi connectivity index (χ3n) is 4.25. The lowest BCUT2D eigenvalue weighted by atomic mass is 9.88. The van der Waals surface area contributed by atoms with Gasteiger partial charge in [0, 0.05) is 19.6 Å². The van der Waals surface area contributed by atoms with Gasteiger partial charge in [-0.1, -0.05) is 0 Å². The van der Waals surface area contributed by atoms with Crippen LogP contribution in [0, 0.1) is 5.92 Å². The molecule has 0 bridgehead atoms. The zero-order valence-electron chi connectivity index (χ0n) is 14.1. The number of hydrogen-bond acceptors (Lipinski definition) is 4. The largest absolute Gasteiger partial charge is 0.480 e. The third-order valence-corrected chi connectivity index (χ3v) is 4.25. The van der Waals surface area contributed by atoms with Crippen molar-refractivity contribution in [2.24, 2.45) is 5.92 Å². The lowest BCUT2D eigenvalue weighted by Gasteiger charge is -2.39. The molecule has 7 heteroatoms. The highest BCUT2D eigenvalue weighted by atomic mass is 16.6. The van der Waals surface area contributed by atoms with Crippen LogP contribution in [0.1, 0.15) is 46.5 Å². The maximum absolute atomic E-state index is 12.7. The highest BCUT2D eigenvalue weighted by molar-refractivity contribution is 5.89. The summed E-state index contributed by atoms with van der Waals surface area (Å²) in [5.74, 6) is -1.98. The average molecular weight is 326 g/mol. The van der Waals surface area contributed by atoms with Crippen molar-refractivity contribution < 1.29 is 24.2 Å². The fourth-order valence-corrected chi connectivity index (χ4v) is 3.26. The van der Waals surface area contributed by atoms with Crippen molar-refractivity contribution >= 4 is 18.0 Å². The highest BCUT2D eigenvalue weighted by Crippen LogP contribution is 2.28. The number of nitrogens with zero attached hydrogens (tertiary/aromatic N) is 2. The van der Waals surface area contributed by atoms with E-state index in [-0.39, 0.29) is 5.91 Å². The van der Waals surface area contributed by atoms with Crippen LogP contribution in [0.15, 0.2) is 0 Å². The zero-order valence-corrected chi connectivity index (χ0v) is 14.1. The summed E-state index contributed by atoms with van der Waals surface area (Å²) in [6.45, 7) is 6.85. The van der Waals surface area contributed by atoms with Crippen LogP contribution in [-0.2, 0) is 14.3 Å². The second kappa shape index (κ2) is 6.76. The van der Waals surface area contributed by atoms with E-state index in [1.165, 1.54) is 4.90 Å². The second-order valence-corrected chi connectivity index (χ2v) is 7.24. The first kappa shape index (κ1) is 17.6. The molecule has 2 aliphatic heterocycles. The van der Waals surface area contributed by atoms with E-state index in [9.17, 15) is 19.5 Å². The van der Waals surface area contributed by atoms with Gasteiger partial charge in [0.2, 0.25) is 5.91 Å². The molecule has 0 aromatic heterocycles. The molecule has 2 saturated heterocycles. The fourth-order valence-electron chi connectivity index (χ4n) is 3.26. The van der Waals surface area contributed by atoms with Crippen LogP contribution in [0.3, 0.4) is 0 Å². The summed E-state index contributed by atoms with van der Waals surface area (Å²) in [6, 6.07) is -1.15. The molecular formula is C16H26N2O5. The molecule has 7 nitrogen and oxygen atoms in total. The van der Waals surface area contributed by atoms with Crippen molar-refractivity contribution in [2.45, 2.75) is 58.1 Å². The van der Waals surface area contributed by atoms with Gasteiger partial charge in [-0.25, -0.2) is 9.59 Å². The number of amides is 2. The standard InChI is InChI=1S/C16H26N2O5/c1-16(2,3)23-15(22)18-10-6-7-11(12(18)14(20)21)13(19)17-8-4-5-9-17/h11-12H,4-10H2,1-3H3,(H,20,21)/t11-,12-/m1/s1. The van der Waals surface area contributed by atoms with E-state index < -0.39 is 29.6 Å². The molecule has 1 N–H and O–H groups in total. The highest BCUT2D eigenvalue weighted by Gasteiger charge is 2.45. The second-order valence-electron chi connectivity index (χ2n) is 7.24. The topological polar surface area (TPSA) is 87.2 Å². The molecule has 0 spiro atoms. The fraction of sp³-hybridized carbons (Fsp3) is 0.812. The van der Waals surface area contributed by atoms with Crippen molar-refractivity contribution in [3.05, 3.63) is 0 Å². The number of ether oxygens (including phenoxy) is 1. The SMILES string of the molecule is CC(C)(C)OC(=O)N1CCC[C@@H](C(=O)N2CCCC2)[C@@H]1C(=O)O. The van der Waals surface area contributed by atoms with Crippen LogP contribution in [-0.4, -0.2) is 64.2 Å². The number of carboxylic acids is 1. The Kier molecular flexibility index (Phi) is 5.16. The molecule has 2 amide bonds. The van der Waals surface area contributed by atoms with Crippen LogP contribution in [0.5, 0.6) is 0 Å². The number of carboxylic acid groups (broad SMARTS) is 1. The Bertz CT molecular complexity index is 479. The number of rotatable bonds is 2. The van der Waals surface area contributed by atoms with Gasteiger partial charge in [0.15, 0.2) is 0 Å². The van der Waals surface area contributed by atoms with Gasteiger partial charge in [0.05, 0.1) is 5.92 Å². The van der Waals surface area contributed by atoms with Crippen LogP contribution in [0.2, 0.25) is 0 Å². The van der Waals surface area contributed by atoms with E-state index in [1.807, 2.05) is 0 Å². The number of likely N-dealkylation sites (tertiary alicyclic amines) is 2. The summed E-state index contributed by atoms with van der Waals surface area (Å²) in [6.07, 6.45) is 2.33. The van der Waals surface area contributed by atoms with Crippen LogP contribution >= 0.6 is 0 Å². The molecule has 0 saturated carbocycles. The minimum absolute atomic E-state index is 0.150. The molecule has 0 radical (unpaired) electrons. The summed E-state index contributed by atoms with van der Waals surface area (Å²) in [4.78, 5) is 39.7. The Balaban J connectivity index is 2.17. The summed E-state index contributed by atoms with van der Waals surface area (Å²) in [5, 5.41) is 9.60. The molecule has 2 heterocycles. The molecule has 2 fully saturated rings. The van der Waals surface area contributed by atoms with Gasteiger partial charge in [-0.15, -0.1) is 0 Å². The van der Waals surface area contributed by atoms with Crippen molar-refractivity contribution in [2.75, 3.05) is 19.6 Å². The number of carbonyl (C=O) groups excluding carboxylic acids is 2. The van der Waals surface area contributed by atoms with E-state index in [0.29, 0.717) is 32.5 Å².